The molecule has 0 bridgehead atoms. The van der Waals surface area contributed by atoms with Gasteiger partial charge in [-0.15, -0.1) is 0 Å². The van der Waals surface area contributed by atoms with Gasteiger partial charge in [-0.2, -0.15) is 0 Å². The lowest BCUT2D eigenvalue weighted by Crippen LogP contribution is -1.98. The number of fused-ring (bicyclic) bond motifs is 3. The summed E-state index contributed by atoms with van der Waals surface area (Å²) in [6.07, 6.45) is 4.93. The Hall–Kier alpha value is -1.24. The molecule has 14 heavy (non-hydrogen) atoms. The van der Waals surface area contributed by atoms with E-state index >= 15 is 0 Å². The van der Waals surface area contributed by atoms with Gasteiger partial charge in [0.25, 0.3) is 0 Å². The molecular weight excluding hydrogens is 172 g/mol. The molecule has 0 amide bonds. The maximum Gasteiger partial charge on any atom is 0.134 e. The van der Waals surface area contributed by atoms with E-state index in [9.17, 15) is 0 Å². The highest BCUT2D eigenvalue weighted by Crippen LogP contribution is 2.32. The fraction of sp³-hybridized carbons (Fsp3) is 0.385. The van der Waals surface area contributed by atoms with Crippen molar-refractivity contribution in [3.8, 4) is 0 Å². The van der Waals surface area contributed by atoms with Crippen LogP contribution in [0.1, 0.15) is 29.7 Å². The van der Waals surface area contributed by atoms with E-state index < -0.39 is 0 Å². The molecule has 1 heterocycles. The van der Waals surface area contributed by atoms with Gasteiger partial charge in [0.2, 0.25) is 0 Å². The van der Waals surface area contributed by atoms with E-state index in [1.165, 1.54) is 41.5 Å². The Labute approximate surface area is 83.7 Å². The highest BCUT2D eigenvalue weighted by molar-refractivity contribution is 5.83. The fourth-order valence-corrected chi connectivity index (χ4v) is 2.37. The molecule has 0 fully saturated rings. The molecule has 0 unspecified atom stereocenters. The second kappa shape index (κ2) is 2.88. The average Bonchev–Trinajstić information content (AvgIpc) is 2.54. The first-order valence-electron chi connectivity index (χ1n) is 5.35. The SMILES string of the molecule is Cc1ccc2c3c(oc2c1)CCCC3. The van der Waals surface area contributed by atoms with E-state index in [0.29, 0.717) is 0 Å². The van der Waals surface area contributed by atoms with Gasteiger partial charge in [-0.05, 0) is 37.8 Å². The van der Waals surface area contributed by atoms with Crippen molar-refractivity contribution in [1.29, 1.82) is 0 Å². The lowest BCUT2D eigenvalue weighted by Gasteiger charge is -2.08. The first-order chi connectivity index (χ1) is 6.84. The van der Waals surface area contributed by atoms with Crippen LogP contribution in [0, 0.1) is 6.92 Å². The first-order valence-corrected chi connectivity index (χ1v) is 5.35. The smallest absolute Gasteiger partial charge is 0.134 e. The molecule has 1 heteroatoms. The molecule has 0 saturated heterocycles. The molecule has 0 spiro atoms. The largest absolute Gasteiger partial charge is 0.461 e. The van der Waals surface area contributed by atoms with Gasteiger partial charge in [-0.3, -0.25) is 0 Å². The molecule has 72 valence electrons. The third-order valence-electron chi connectivity index (χ3n) is 3.11. The lowest BCUT2D eigenvalue weighted by atomic mass is 9.96. The van der Waals surface area contributed by atoms with Crippen molar-refractivity contribution < 1.29 is 4.42 Å². The van der Waals surface area contributed by atoms with Crippen LogP contribution in [0.4, 0.5) is 0 Å². The molecule has 0 atom stereocenters. The second-order valence-electron chi connectivity index (χ2n) is 4.21. The van der Waals surface area contributed by atoms with Gasteiger partial charge < -0.3 is 4.42 Å². The number of aryl methyl sites for hydroxylation is 3. The maximum atomic E-state index is 5.87. The summed E-state index contributed by atoms with van der Waals surface area (Å²) >= 11 is 0. The van der Waals surface area contributed by atoms with Gasteiger partial charge in [0.05, 0.1) is 0 Å². The van der Waals surface area contributed by atoms with Crippen LogP contribution in [0.3, 0.4) is 0 Å². The third-order valence-corrected chi connectivity index (χ3v) is 3.11. The average molecular weight is 186 g/mol. The summed E-state index contributed by atoms with van der Waals surface area (Å²) in [7, 11) is 0. The standard InChI is InChI=1S/C13H14O/c1-9-6-7-11-10-4-2-3-5-12(10)14-13(11)8-9/h6-8H,2-5H2,1H3. The lowest BCUT2D eigenvalue weighted by molar-refractivity contribution is 0.506. The summed E-state index contributed by atoms with van der Waals surface area (Å²) in [5.41, 5.74) is 3.83. The van der Waals surface area contributed by atoms with E-state index in [4.69, 9.17) is 4.42 Å². The summed E-state index contributed by atoms with van der Waals surface area (Å²) in [6, 6.07) is 6.53. The van der Waals surface area contributed by atoms with Crippen LogP contribution >= 0.6 is 0 Å². The van der Waals surface area contributed by atoms with Crippen LogP contribution in [-0.4, -0.2) is 0 Å². The number of furan rings is 1. The zero-order valence-electron chi connectivity index (χ0n) is 8.47. The molecule has 3 rings (SSSR count). The van der Waals surface area contributed by atoms with Gasteiger partial charge >= 0.3 is 0 Å². The van der Waals surface area contributed by atoms with Crippen molar-refractivity contribution in [2.24, 2.45) is 0 Å². The third kappa shape index (κ3) is 1.08. The Kier molecular flexibility index (Phi) is 1.66. The predicted molar refractivity (Wildman–Crippen MR) is 57.6 cm³/mol. The summed E-state index contributed by atoms with van der Waals surface area (Å²) < 4.78 is 5.87. The first kappa shape index (κ1) is 8.10. The molecule has 0 aliphatic heterocycles. The van der Waals surface area contributed by atoms with Crippen LogP contribution in [0.25, 0.3) is 11.0 Å². The van der Waals surface area contributed by atoms with Gasteiger partial charge in [0, 0.05) is 17.4 Å². The zero-order valence-corrected chi connectivity index (χ0v) is 8.47. The predicted octanol–water partition coefficient (Wildman–Crippen LogP) is 3.62. The Morgan fingerprint density at radius 2 is 2.00 bits per heavy atom. The van der Waals surface area contributed by atoms with Crippen molar-refractivity contribution >= 4 is 11.0 Å². The fourth-order valence-electron chi connectivity index (χ4n) is 2.37. The van der Waals surface area contributed by atoms with Gasteiger partial charge in [0.15, 0.2) is 0 Å². The Bertz CT molecular complexity index is 479. The highest BCUT2D eigenvalue weighted by atomic mass is 16.3. The summed E-state index contributed by atoms with van der Waals surface area (Å²) in [5, 5.41) is 1.34. The van der Waals surface area contributed by atoms with E-state index in [1.807, 2.05) is 0 Å². The molecule has 1 aromatic heterocycles. The molecular formula is C13H14O. The van der Waals surface area contributed by atoms with Crippen LogP contribution in [0.2, 0.25) is 0 Å². The molecule has 1 aromatic carbocycles. The minimum absolute atomic E-state index is 1.08. The van der Waals surface area contributed by atoms with Crippen molar-refractivity contribution in [3.05, 3.63) is 35.1 Å². The van der Waals surface area contributed by atoms with Crippen LogP contribution in [-0.2, 0) is 12.8 Å². The molecule has 0 radical (unpaired) electrons. The molecule has 1 aliphatic carbocycles. The highest BCUT2D eigenvalue weighted by Gasteiger charge is 2.16. The van der Waals surface area contributed by atoms with Crippen molar-refractivity contribution in [2.45, 2.75) is 32.6 Å². The van der Waals surface area contributed by atoms with Gasteiger partial charge in [0.1, 0.15) is 11.3 Å². The quantitative estimate of drug-likeness (QED) is 0.612. The number of hydrogen-bond acceptors (Lipinski definition) is 1. The minimum Gasteiger partial charge on any atom is -0.461 e. The topological polar surface area (TPSA) is 13.1 Å². The van der Waals surface area contributed by atoms with E-state index in [2.05, 4.69) is 25.1 Å². The van der Waals surface area contributed by atoms with Crippen molar-refractivity contribution in [1.82, 2.24) is 0 Å². The van der Waals surface area contributed by atoms with Crippen molar-refractivity contribution in [2.75, 3.05) is 0 Å². The van der Waals surface area contributed by atoms with E-state index in [1.54, 1.807) is 0 Å². The van der Waals surface area contributed by atoms with Crippen LogP contribution < -0.4 is 0 Å². The van der Waals surface area contributed by atoms with E-state index in [-0.39, 0.29) is 0 Å². The Morgan fingerprint density at radius 1 is 1.14 bits per heavy atom. The summed E-state index contributed by atoms with van der Waals surface area (Å²) in [4.78, 5) is 0. The monoisotopic (exact) mass is 186 g/mol. The molecule has 0 N–H and O–H groups in total. The molecule has 0 saturated carbocycles. The summed E-state index contributed by atoms with van der Waals surface area (Å²) in [6.45, 7) is 2.11. The zero-order chi connectivity index (χ0) is 9.54. The van der Waals surface area contributed by atoms with Crippen molar-refractivity contribution in [3.63, 3.8) is 0 Å². The van der Waals surface area contributed by atoms with Gasteiger partial charge in [-0.25, -0.2) is 0 Å². The Balaban J connectivity index is 2.31. The Morgan fingerprint density at radius 3 is 2.93 bits per heavy atom. The van der Waals surface area contributed by atoms with Crippen LogP contribution in [0.15, 0.2) is 22.6 Å². The number of hydrogen-bond donors (Lipinski definition) is 0. The molecule has 2 aromatic rings. The van der Waals surface area contributed by atoms with Crippen LogP contribution in [0.5, 0.6) is 0 Å². The molecule has 1 aliphatic rings. The number of rotatable bonds is 0. The summed E-state index contributed by atoms with van der Waals surface area (Å²) in [5.74, 6) is 1.23. The number of benzene rings is 1. The molecule has 1 nitrogen and oxygen atoms in total. The van der Waals surface area contributed by atoms with Gasteiger partial charge in [-0.1, -0.05) is 12.1 Å². The normalized spacial score (nSPS) is 15.8. The van der Waals surface area contributed by atoms with E-state index in [0.717, 1.165) is 12.0 Å². The second-order valence-corrected chi connectivity index (χ2v) is 4.21. The minimum atomic E-state index is 1.08. The maximum absolute atomic E-state index is 5.87.